The minimum atomic E-state index is 0.181. The van der Waals surface area contributed by atoms with Crippen LogP contribution >= 0.6 is 0 Å². The van der Waals surface area contributed by atoms with Crippen LogP contribution in [0.4, 0.5) is 0 Å². The van der Waals surface area contributed by atoms with Gasteiger partial charge in [0.15, 0.2) is 0 Å². The first-order valence-electron chi connectivity index (χ1n) is 8.79. The van der Waals surface area contributed by atoms with Gasteiger partial charge in [0.25, 0.3) is 0 Å². The van der Waals surface area contributed by atoms with E-state index in [1.165, 1.54) is 5.56 Å². The molecule has 0 radical (unpaired) electrons. The largest absolute Gasteiger partial charge is 0.497 e. The zero-order valence-electron chi connectivity index (χ0n) is 15.4. The van der Waals surface area contributed by atoms with Gasteiger partial charge in [-0.2, -0.15) is 0 Å². The predicted octanol–water partition coefficient (Wildman–Crippen LogP) is 2.33. The molecule has 2 heterocycles. The molecular weight excluding hydrogens is 330 g/mol. The highest BCUT2D eigenvalue weighted by Crippen LogP contribution is 2.24. The number of ether oxygens (including phenoxy) is 2. The van der Waals surface area contributed by atoms with Crippen LogP contribution in [0.3, 0.4) is 0 Å². The molecule has 1 aliphatic heterocycles. The Bertz CT molecular complexity index is 714. The summed E-state index contributed by atoms with van der Waals surface area (Å²) in [6.45, 7) is 3.71. The maximum atomic E-state index is 12.5. The highest BCUT2D eigenvalue weighted by molar-refractivity contribution is 5.76. The van der Waals surface area contributed by atoms with Crippen molar-refractivity contribution >= 4 is 5.91 Å². The van der Waals surface area contributed by atoms with Crippen LogP contribution in [0.2, 0.25) is 0 Å². The van der Waals surface area contributed by atoms with E-state index in [0.29, 0.717) is 19.5 Å². The third kappa shape index (κ3) is 4.73. The minimum absolute atomic E-state index is 0.181. The first-order chi connectivity index (χ1) is 12.7. The van der Waals surface area contributed by atoms with E-state index in [1.807, 2.05) is 35.4 Å². The third-order valence-electron chi connectivity index (χ3n) is 4.59. The molecule has 26 heavy (non-hydrogen) atoms. The summed E-state index contributed by atoms with van der Waals surface area (Å²) >= 11 is 0. The summed E-state index contributed by atoms with van der Waals surface area (Å²) in [6.07, 6.45) is 4.19. The lowest BCUT2D eigenvalue weighted by Crippen LogP contribution is -2.32. The Kier molecular flexibility index (Phi) is 6.07. The molecule has 1 fully saturated rings. The second kappa shape index (κ2) is 8.67. The Labute approximate surface area is 154 Å². The lowest BCUT2D eigenvalue weighted by atomic mass is 10.2. The van der Waals surface area contributed by atoms with Gasteiger partial charge in [-0.1, -0.05) is 6.07 Å². The van der Waals surface area contributed by atoms with Crippen molar-refractivity contribution in [3.8, 4) is 11.5 Å². The fraction of sp³-hybridized carbons (Fsp3) is 0.400. The van der Waals surface area contributed by atoms with E-state index in [2.05, 4.69) is 16.0 Å². The molecule has 1 aliphatic rings. The molecule has 138 valence electrons. The molecule has 0 unspecified atom stereocenters. The summed E-state index contributed by atoms with van der Waals surface area (Å²) in [5, 5.41) is 0. The molecule has 0 saturated carbocycles. The number of carbonyl (C=O) groups is 1. The van der Waals surface area contributed by atoms with E-state index >= 15 is 0 Å². The van der Waals surface area contributed by atoms with E-state index in [-0.39, 0.29) is 5.91 Å². The van der Waals surface area contributed by atoms with Crippen molar-refractivity contribution in [1.29, 1.82) is 0 Å². The summed E-state index contributed by atoms with van der Waals surface area (Å²) in [5.41, 5.74) is 2.18. The number of nitrogens with zero attached hydrogens (tertiary/aromatic N) is 3. The zero-order valence-corrected chi connectivity index (χ0v) is 15.4. The summed E-state index contributed by atoms with van der Waals surface area (Å²) in [6, 6.07) is 9.76. The van der Waals surface area contributed by atoms with Crippen molar-refractivity contribution in [1.82, 2.24) is 14.8 Å². The number of rotatable bonds is 6. The molecular formula is C20H25N3O3. The first kappa shape index (κ1) is 18.2. The highest BCUT2D eigenvalue weighted by atomic mass is 16.5. The van der Waals surface area contributed by atoms with Crippen LogP contribution in [0.25, 0.3) is 0 Å². The molecule has 6 heteroatoms. The Balaban J connectivity index is 1.65. The maximum absolute atomic E-state index is 12.5. The number of carbonyl (C=O) groups excluding carboxylic acids is 1. The first-order valence-corrected chi connectivity index (χ1v) is 8.79. The van der Waals surface area contributed by atoms with Crippen LogP contribution in [0.5, 0.6) is 11.5 Å². The smallest absolute Gasteiger partial charge is 0.224 e. The van der Waals surface area contributed by atoms with Crippen LogP contribution in [-0.2, 0) is 17.9 Å². The summed E-state index contributed by atoms with van der Waals surface area (Å²) in [7, 11) is 3.26. The third-order valence-corrected chi connectivity index (χ3v) is 4.59. The molecule has 0 atom stereocenters. The Morgan fingerprint density at radius 2 is 1.77 bits per heavy atom. The number of hydrogen-bond donors (Lipinski definition) is 0. The van der Waals surface area contributed by atoms with Crippen molar-refractivity contribution in [3.05, 3.63) is 53.9 Å². The lowest BCUT2D eigenvalue weighted by Gasteiger charge is -2.22. The molecule has 2 aromatic rings. The summed E-state index contributed by atoms with van der Waals surface area (Å²) < 4.78 is 10.6. The average Bonchev–Trinajstić information content (AvgIpc) is 2.84. The van der Waals surface area contributed by atoms with Gasteiger partial charge in [0.1, 0.15) is 11.5 Å². The van der Waals surface area contributed by atoms with Crippen molar-refractivity contribution in [3.63, 3.8) is 0 Å². The van der Waals surface area contributed by atoms with Crippen molar-refractivity contribution in [2.45, 2.75) is 19.5 Å². The number of methoxy groups -OCH3 is 2. The molecule has 0 N–H and O–H groups in total. The zero-order chi connectivity index (χ0) is 18.4. The van der Waals surface area contributed by atoms with Crippen molar-refractivity contribution < 1.29 is 14.3 Å². The number of hydrogen-bond acceptors (Lipinski definition) is 5. The molecule has 1 aromatic heterocycles. The summed E-state index contributed by atoms with van der Waals surface area (Å²) in [5.74, 6) is 1.65. The van der Waals surface area contributed by atoms with E-state index in [9.17, 15) is 4.79 Å². The molecule has 0 spiro atoms. The minimum Gasteiger partial charge on any atom is -0.497 e. The number of amides is 1. The van der Waals surface area contributed by atoms with Gasteiger partial charge in [-0.3, -0.25) is 14.7 Å². The fourth-order valence-corrected chi connectivity index (χ4v) is 3.16. The van der Waals surface area contributed by atoms with Crippen LogP contribution < -0.4 is 9.47 Å². The Morgan fingerprint density at radius 1 is 1.00 bits per heavy atom. The standard InChI is InChI=1S/C20H25N3O3/c1-25-18-10-17(11-19(12-18)26-2)15-23-9-8-22(7-5-20(23)24)14-16-4-3-6-21-13-16/h3-4,6,10-13H,5,7-9,14-15H2,1-2H3. The number of aromatic nitrogens is 1. The van der Waals surface area contributed by atoms with Crippen LogP contribution in [0.15, 0.2) is 42.7 Å². The average molecular weight is 355 g/mol. The van der Waals surface area contributed by atoms with Gasteiger partial charge in [0.05, 0.1) is 14.2 Å². The molecule has 1 amide bonds. The van der Waals surface area contributed by atoms with Gasteiger partial charge < -0.3 is 14.4 Å². The van der Waals surface area contributed by atoms with E-state index in [0.717, 1.165) is 36.7 Å². The van der Waals surface area contributed by atoms with Crippen LogP contribution in [-0.4, -0.2) is 54.5 Å². The topological polar surface area (TPSA) is 54.9 Å². The van der Waals surface area contributed by atoms with Crippen molar-refractivity contribution in [2.75, 3.05) is 33.9 Å². The molecule has 3 rings (SSSR count). The van der Waals surface area contributed by atoms with Crippen LogP contribution in [0, 0.1) is 0 Å². The quantitative estimate of drug-likeness (QED) is 0.796. The van der Waals surface area contributed by atoms with E-state index in [1.54, 1.807) is 20.4 Å². The second-order valence-electron chi connectivity index (χ2n) is 6.42. The Hall–Kier alpha value is -2.60. The van der Waals surface area contributed by atoms with Gasteiger partial charge in [0, 0.05) is 57.6 Å². The highest BCUT2D eigenvalue weighted by Gasteiger charge is 2.21. The predicted molar refractivity (Wildman–Crippen MR) is 99.1 cm³/mol. The molecule has 0 aliphatic carbocycles. The van der Waals surface area contributed by atoms with Gasteiger partial charge >= 0.3 is 0 Å². The fourth-order valence-electron chi connectivity index (χ4n) is 3.16. The van der Waals surface area contributed by atoms with Crippen LogP contribution in [0.1, 0.15) is 17.5 Å². The number of pyridine rings is 1. The lowest BCUT2D eigenvalue weighted by molar-refractivity contribution is -0.130. The molecule has 0 bridgehead atoms. The van der Waals surface area contributed by atoms with Gasteiger partial charge in [-0.25, -0.2) is 0 Å². The monoisotopic (exact) mass is 355 g/mol. The second-order valence-corrected chi connectivity index (χ2v) is 6.42. The Morgan fingerprint density at radius 3 is 2.42 bits per heavy atom. The van der Waals surface area contributed by atoms with Gasteiger partial charge in [-0.05, 0) is 29.3 Å². The van der Waals surface area contributed by atoms with Gasteiger partial charge in [-0.15, -0.1) is 0 Å². The van der Waals surface area contributed by atoms with Gasteiger partial charge in [0.2, 0.25) is 5.91 Å². The number of benzene rings is 1. The normalized spacial score (nSPS) is 15.6. The molecule has 1 saturated heterocycles. The van der Waals surface area contributed by atoms with E-state index < -0.39 is 0 Å². The SMILES string of the molecule is COc1cc(CN2CCN(Cc3cccnc3)CCC2=O)cc(OC)c1. The van der Waals surface area contributed by atoms with Crippen molar-refractivity contribution in [2.24, 2.45) is 0 Å². The van der Waals surface area contributed by atoms with E-state index in [4.69, 9.17) is 9.47 Å². The molecule has 1 aromatic carbocycles. The molecule has 6 nitrogen and oxygen atoms in total. The summed E-state index contributed by atoms with van der Waals surface area (Å²) in [4.78, 5) is 20.9. The maximum Gasteiger partial charge on any atom is 0.224 e.